The number of aliphatic hydroxyl groups excluding tert-OH is 1. The normalized spacial score (nSPS) is 11.4. The fraction of sp³-hybridized carbons (Fsp3) is 0.250. The van der Waals surface area contributed by atoms with Gasteiger partial charge in [0, 0.05) is 17.8 Å². The molecule has 4 N–H and O–H groups in total. The molecule has 0 atom stereocenters. The highest BCUT2D eigenvalue weighted by Crippen LogP contribution is 2.13. The van der Waals surface area contributed by atoms with Crippen molar-refractivity contribution in [1.29, 1.82) is 0 Å². The predicted molar refractivity (Wildman–Crippen MR) is 50.2 cm³/mol. The van der Waals surface area contributed by atoms with E-state index in [4.69, 9.17) is 15.9 Å². The number of aromatic nitrogens is 3. The fourth-order valence-corrected chi connectivity index (χ4v) is 1.31. The molecule has 14 heavy (non-hydrogen) atoms. The molecule has 0 aliphatic carbocycles. The zero-order valence-electron chi connectivity index (χ0n) is 7.33. The summed E-state index contributed by atoms with van der Waals surface area (Å²) in [6, 6.07) is 1.79. The SMILES string of the molecule is Nc1ncc2ccn(CC(O)O)c2n1. The van der Waals surface area contributed by atoms with Gasteiger partial charge in [-0.15, -0.1) is 0 Å². The minimum absolute atomic E-state index is 0.0694. The van der Waals surface area contributed by atoms with Gasteiger partial charge in [-0.2, -0.15) is 4.98 Å². The van der Waals surface area contributed by atoms with Gasteiger partial charge in [-0.25, -0.2) is 4.98 Å². The number of hydrogen-bond acceptors (Lipinski definition) is 5. The topological polar surface area (TPSA) is 97.2 Å². The van der Waals surface area contributed by atoms with Crippen LogP contribution in [0.2, 0.25) is 0 Å². The quantitative estimate of drug-likeness (QED) is 0.550. The Labute approximate surface area is 79.6 Å². The molecular weight excluding hydrogens is 184 g/mol. The van der Waals surface area contributed by atoms with Gasteiger partial charge < -0.3 is 20.5 Å². The summed E-state index contributed by atoms with van der Waals surface area (Å²) in [7, 11) is 0. The molecule has 0 bridgehead atoms. The minimum atomic E-state index is -1.40. The number of nitrogen functional groups attached to an aromatic ring is 1. The van der Waals surface area contributed by atoms with Gasteiger partial charge >= 0.3 is 0 Å². The van der Waals surface area contributed by atoms with Gasteiger partial charge in [-0.3, -0.25) is 0 Å². The number of nitrogens with zero attached hydrogens (tertiary/aromatic N) is 3. The lowest BCUT2D eigenvalue weighted by Crippen LogP contribution is -2.14. The zero-order chi connectivity index (χ0) is 10.1. The van der Waals surface area contributed by atoms with E-state index in [1.165, 1.54) is 0 Å². The number of nitrogens with two attached hydrogens (primary N) is 1. The lowest BCUT2D eigenvalue weighted by Gasteiger charge is -2.05. The summed E-state index contributed by atoms with van der Waals surface area (Å²) in [5.74, 6) is 0.171. The highest BCUT2D eigenvalue weighted by atomic mass is 16.5. The zero-order valence-corrected chi connectivity index (χ0v) is 7.33. The van der Waals surface area contributed by atoms with Crippen molar-refractivity contribution in [2.24, 2.45) is 0 Å². The van der Waals surface area contributed by atoms with Gasteiger partial charge in [0.25, 0.3) is 0 Å². The second-order valence-corrected chi connectivity index (χ2v) is 2.96. The molecule has 0 amide bonds. The molecule has 0 aromatic carbocycles. The monoisotopic (exact) mass is 194 g/mol. The van der Waals surface area contributed by atoms with Gasteiger partial charge in [0.2, 0.25) is 5.95 Å². The molecule has 6 heteroatoms. The Bertz CT molecular complexity index is 452. The van der Waals surface area contributed by atoms with Gasteiger partial charge in [-0.1, -0.05) is 0 Å². The Hall–Kier alpha value is -1.66. The van der Waals surface area contributed by atoms with E-state index in [9.17, 15) is 0 Å². The Balaban J connectivity index is 2.50. The molecule has 0 radical (unpaired) electrons. The van der Waals surface area contributed by atoms with Crippen LogP contribution in [-0.2, 0) is 6.54 Å². The summed E-state index contributed by atoms with van der Waals surface area (Å²) in [6.07, 6.45) is 1.90. The van der Waals surface area contributed by atoms with E-state index in [1.54, 1.807) is 23.0 Å². The maximum atomic E-state index is 8.81. The van der Waals surface area contributed by atoms with E-state index in [-0.39, 0.29) is 12.5 Å². The molecule has 0 fully saturated rings. The lowest BCUT2D eigenvalue weighted by molar-refractivity contribution is -0.0505. The number of hydrogen-bond donors (Lipinski definition) is 3. The molecule has 74 valence electrons. The first-order valence-electron chi connectivity index (χ1n) is 4.10. The molecule has 2 rings (SSSR count). The van der Waals surface area contributed by atoms with Gasteiger partial charge in [0.05, 0.1) is 6.54 Å². The number of rotatable bonds is 2. The molecule has 2 heterocycles. The summed E-state index contributed by atoms with van der Waals surface area (Å²) in [6.45, 7) is 0.0694. The molecule has 2 aromatic heterocycles. The second-order valence-electron chi connectivity index (χ2n) is 2.96. The van der Waals surface area contributed by atoms with E-state index in [0.717, 1.165) is 5.39 Å². The maximum absolute atomic E-state index is 8.81. The van der Waals surface area contributed by atoms with Crippen LogP contribution in [0.1, 0.15) is 0 Å². The molecule has 0 aliphatic rings. The van der Waals surface area contributed by atoms with Crippen molar-refractivity contribution >= 4 is 17.0 Å². The molecule has 0 spiro atoms. The molecule has 0 saturated heterocycles. The maximum Gasteiger partial charge on any atom is 0.221 e. The van der Waals surface area contributed by atoms with Gasteiger partial charge in [0.15, 0.2) is 6.29 Å². The van der Waals surface area contributed by atoms with Crippen molar-refractivity contribution in [3.63, 3.8) is 0 Å². The van der Waals surface area contributed by atoms with Crippen LogP contribution in [0.25, 0.3) is 11.0 Å². The first kappa shape index (κ1) is 8.92. The first-order chi connectivity index (χ1) is 6.66. The highest BCUT2D eigenvalue weighted by molar-refractivity contribution is 5.75. The Morgan fingerprint density at radius 2 is 2.29 bits per heavy atom. The predicted octanol–water partition coefficient (Wildman–Crippen LogP) is -0.676. The molecule has 0 unspecified atom stereocenters. The summed E-state index contributed by atoms with van der Waals surface area (Å²) >= 11 is 0. The summed E-state index contributed by atoms with van der Waals surface area (Å²) in [5, 5.41) is 18.4. The van der Waals surface area contributed by atoms with Crippen molar-refractivity contribution in [1.82, 2.24) is 14.5 Å². The fourth-order valence-electron chi connectivity index (χ4n) is 1.31. The average Bonchev–Trinajstić information content (AvgIpc) is 2.47. The molecule has 2 aromatic rings. The van der Waals surface area contributed by atoms with E-state index in [1.807, 2.05) is 0 Å². The third kappa shape index (κ3) is 1.52. The van der Waals surface area contributed by atoms with Crippen LogP contribution in [0, 0.1) is 0 Å². The van der Waals surface area contributed by atoms with Crippen molar-refractivity contribution in [2.75, 3.05) is 5.73 Å². The third-order valence-corrected chi connectivity index (χ3v) is 1.88. The average molecular weight is 194 g/mol. The third-order valence-electron chi connectivity index (χ3n) is 1.88. The second kappa shape index (κ2) is 3.24. The number of anilines is 1. The van der Waals surface area contributed by atoms with Crippen LogP contribution in [-0.4, -0.2) is 31.0 Å². The minimum Gasteiger partial charge on any atom is -0.368 e. The number of aliphatic hydroxyl groups is 2. The number of fused-ring (bicyclic) bond motifs is 1. The van der Waals surface area contributed by atoms with Crippen molar-refractivity contribution < 1.29 is 10.2 Å². The van der Waals surface area contributed by atoms with Crippen LogP contribution in [0.15, 0.2) is 18.5 Å². The molecular formula is C8H10N4O2. The van der Waals surface area contributed by atoms with Crippen LogP contribution in [0.5, 0.6) is 0 Å². The Kier molecular flexibility index (Phi) is 2.06. The molecule has 0 aliphatic heterocycles. The molecule has 0 saturated carbocycles. The van der Waals surface area contributed by atoms with Crippen molar-refractivity contribution in [3.05, 3.63) is 18.5 Å². The van der Waals surface area contributed by atoms with Crippen molar-refractivity contribution in [2.45, 2.75) is 12.8 Å². The summed E-state index contributed by atoms with van der Waals surface area (Å²) < 4.78 is 1.61. The van der Waals surface area contributed by atoms with Gasteiger partial charge in [0.1, 0.15) is 5.65 Å². The van der Waals surface area contributed by atoms with E-state index in [2.05, 4.69) is 9.97 Å². The van der Waals surface area contributed by atoms with E-state index >= 15 is 0 Å². The first-order valence-corrected chi connectivity index (χ1v) is 4.10. The summed E-state index contributed by atoms with van der Waals surface area (Å²) in [5.41, 5.74) is 6.02. The van der Waals surface area contributed by atoms with Gasteiger partial charge in [-0.05, 0) is 6.07 Å². The Morgan fingerprint density at radius 3 is 3.00 bits per heavy atom. The largest absolute Gasteiger partial charge is 0.368 e. The van der Waals surface area contributed by atoms with E-state index in [0.29, 0.717) is 5.65 Å². The van der Waals surface area contributed by atoms with Crippen LogP contribution >= 0.6 is 0 Å². The molecule has 6 nitrogen and oxygen atoms in total. The summed E-state index contributed by atoms with van der Waals surface area (Å²) in [4.78, 5) is 7.82. The highest BCUT2D eigenvalue weighted by Gasteiger charge is 2.06. The smallest absolute Gasteiger partial charge is 0.221 e. The standard InChI is InChI=1S/C8H10N4O2/c9-8-10-3-5-1-2-12(4-6(13)14)7(5)11-8/h1-3,6,13-14H,4H2,(H2,9,10,11). The Morgan fingerprint density at radius 1 is 1.50 bits per heavy atom. The van der Waals surface area contributed by atoms with E-state index < -0.39 is 6.29 Å². The van der Waals surface area contributed by atoms with Crippen LogP contribution in [0.3, 0.4) is 0 Å². The van der Waals surface area contributed by atoms with Crippen LogP contribution in [0.4, 0.5) is 5.95 Å². The van der Waals surface area contributed by atoms with Crippen molar-refractivity contribution in [3.8, 4) is 0 Å². The lowest BCUT2D eigenvalue weighted by atomic mass is 10.4. The van der Waals surface area contributed by atoms with Crippen LogP contribution < -0.4 is 5.73 Å².